The predicted molar refractivity (Wildman–Crippen MR) is 131 cm³/mol. The SMILES string of the molecule is COc1cc2nncc(N3CCN(C(c4ccc(F)cc4)c4ccc(F)cc4)CC3)c2cc1OC. The molecular weight excluding hydrogens is 450 g/mol. The van der Waals surface area contributed by atoms with Gasteiger partial charge < -0.3 is 14.4 Å². The van der Waals surface area contributed by atoms with Crippen LogP contribution in [0.25, 0.3) is 10.9 Å². The van der Waals surface area contributed by atoms with Crippen LogP contribution in [0, 0.1) is 11.6 Å². The highest BCUT2D eigenvalue weighted by Crippen LogP contribution is 2.36. The molecule has 0 bridgehead atoms. The Kier molecular flexibility index (Phi) is 6.46. The second-order valence-corrected chi connectivity index (χ2v) is 8.48. The lowest BCUT2D eigenvalue weighted by molar-refractivity contribution is 0.212. The Morgan fingerprint density at radius 3 is 1.86 bits per heavy atom. The van der Waals surface area contributed by atoms with E-state index in [1.165, 1.54) is 24.3 Å². The average molecular weight is 477 g/mol. The highest BCUT2D eigenvalue weighted by Gasteiger charge is 2.28. The van der Waals surface area contributed by atoms with Gasteiger partial charge in [0.25, 0.3) is 0 Å². The molecule has 180 valence electrons. The Balaban J connectivity index is 1.43. The van der Waals surface area contributed by atoms with E-state index in [4.69, 9.17) is 9.47 Å². The number of ether oxygens (including phenoxy) is 2. The van der Waals surface area contributed by atoms with Gasteiger partial charge in [-0.05, 0) is 41.5 Å². The summed E-state index contributed by atoms with van der Waals surface area (Å²) in [6.45, 7) is 3.04. The van der Waals surface area contributed by atoms with Crippen LogP contribution < -0.4 is 14.4 Å². The van der Waals surface area contributed by atoms with E-state index in [9.17, 15) is 8.78 Å². The summed E-state index contributed by atoms with van der Waals surface area (Å²) in [6, 6.07) is 16.8. The fourth-order valence-corrected chi connectivity index (χ4v) is 4.75. The number of fused-ring (bicyclic) bond motifs is 1. The summed E-state index contributed by atoms with van der Waals surface area (Å²) in [5.41, 5.74) is 3.66. The van der Waals surface area contributed by atoms with Gasteiger partial charge in [0.15, 0.2) is 11.5 Å². The second kappa shape index (κ2) is 9.84. The maximum Gasteiger partial charge on any atom is 0.162 e. The molecule has 0 unspecified atom stereocenters. The minimum absolute atomic E-state index is 0.102. The molecule has 0 radical (unpaired) electrons. The fourth-order valence-electron chi connectivity index (χ4n) is 4.75. The van der Waals surface area contributed by atoms with Gasteiger partial charge in [0, 0.05) is 37.6 Å². The van der Waals surface area contributed by atoms with Crippen molar-refractivity contribution in [2.45, 2.75) is 6.04 Å². The molecule has 1 fully saturated rings. The van der Waals surface area contributed by atoms with Crippen LogP contribution in [0.3, 0.4) is 0 Å². The first-order valence-corrected chi connectivity index (χ1v) is 11.4. The molecule has 0 N–H and O–H groups in total. The molecule has 0 aliphatic carbocycles. The summed E-state index contributed by atoms with van der Waals surface area (Å²) < 4.78 is 38.1. The average Bonchev–Trinajstić information content (AvgIpc) is 2.90. The van der Waals surface area contributed by atoms with Gasteiger partial charge in [-0.2, -0.15) is 10.2 Å². The van der Waals surface area contributed by atoms with Gasteiger partial charge in [-0.25, -0.2) is 8.78 Å². The lowest BCUT2D eigenvalue weighted by Crippen LogP contribution is -2.48. The van der Waals surface area contributed by atoms with Crippen molar-refractivity contribution in [3.63, 3.8) is 0 Å². The molecule has 0 atom stereocenters. The van der Waals surface area contributed by atoms with E-state index < -0.39 is 0 Å². The zero-order valence-corrected chi connectivity index (χ0v) is 19.6. The molecule has 1 aromatic heterocycles. The second-order valence-electron chi connectivity index (χ2n) is 8.48. The van der Waals surface area contributed by atoms with Crippen LogP contribution >= 0.6 is 0 Å². The van der Waals surface area contributed by atoms with Crippen LogP contribution in [0.5, 0.6) is 11.5 Å². The van der Waals surface area contributed by atoms with Crippen LogP contribution in [-0.2, 0) is 0 Å². The van der Waals surface area contributed by atoms with Gasteiger partial charge in [-0.15, -0.1) is 0 Å². The standard InChI is InChI=1S/C27H26F2N4O2/c1-34-25-15-22-23(16-26(25)35-2)31-30-17-24(22)32-11-13-33(14-12-32)27(18-3-7-20(28)8-4-18)19-5-9-21(29)10-6-19/h3-10,15-17,27H,11-14H2,1-2H3. The number of hydrogen-bond donors (Lipinski definition) is 0. The summed E-state index contributed by atoms with van der Waals surface area (Å²) >= 11 is 0. The minimum Gasteiger partial charge on any atom is -0.493 e. The maximum atomic E-state index is 13.6. The molecule has 1 aliphatic heterocycles. The highest BCUT2D eigenvalue weighted by molar-refractivity contribution is 5.93. The molecule has 6 nitrogen and oxygen atoms in total. The van der Waals surface area contributed by atoms with Crippen LogP contribution in [0.2, 0.25) is 0 Å². The number of nitrogens with zero attached hydrogens (tertiary/aromatic N) is 4. The largest absolute Gasteiger partial charge is 0.493 e. The maximum absolute atomic E-state index is 13.6. The van der Waals surface area contributed by atoms with Gasteiger partial charge in [0.05, 0.1) is 37.7 Å². The van der Waals surface area contributed by atoms with Gasteiger partial charge in [0.1, 0.15) is 11.6 Å². The van der Waals surface area contributed by atoms with E-state index >= 15 is 0 Å². The Bertz CT molecular complexity index is 1260. The molecule has 35 heavy (non-hydrogen) atoms. The molecule has 2 heterocycles. The molecular formula is C27H26F2N4O2. The number of aromatic nitrogens is 2. The zero-order chi connectivity index (χ0) is 24.4. The normalized spacial score (nSPS) is 14.5. The molecule has 0 spiro atoms. The Morgan fingerprint density at radius 2 is 1.31 bits per heavy atom. The first-order valence-electron chi connectivity index (χ1n) is 11.4. The highest BCUT2D eigenvalue weighted by atomic mass is 19.1. The molecule has 3 aromatic carbocycles. The van der Waals surface area contributed by atoms with Crippen molar-refractivity contribution < 1.29 is 18.3 Å². The van der Waals surface area contributed by atoms with Crippen molar-refractivity contribution in [2.24, 2.45) is 0 Å². The monoisotopic (exact) mass is 476 g/mol. The van der Waals surface area contributed by atoms with Crippen molar-refractivity contribution in [1.29, 1.82) is 0 Å². The molecule has 1 saturated heterocycles. The molecule has 5 rings (SSSR count). The van der Waals surface area contributed by atoms with Gasteiger partial charge in [0.2, 0.25) is 0 Å². The van der Waals surface area contributed by atoms with E-state index in [0.29, 0.717) is 11.5 Å². The van der Waals surface area contributed by atoms with Crippen LogP contribution in [0.4, 0.5) is 14.5 Å². The van der Waals surface area contributed by atoms with E-state index in [1.54, 1.807) is 44.7 Å². The number of halogens is 2. The van der Waals surface area contributed by atoms with Crippen molar-refractivity contribution in [1.82, 2.24) is 15.1 Å². The third-order valence-corrected chi connectivity index (χ3v) is 6.51. The lowest BCUT2D eigenvalue weighted by atomic mass is 9.96. The number of anilines is 1. The molecule has 0 saturated carbocycles. The van der Waals surface area contributed by atoms with Crippen molar-refractivity contribution >= 4 is 16.6 Å². The van der Waals surface area contributed by atoms with Crippen molar-refractivity contribution in [2.75, 3.05) is 45.3 Å². The Labute approximate surface area is 202 Å². The predicted octanol–water partition coefficient (Wildman–Crippen LogP) is 4.84. The third-order valence-electron chi connectivity index (χ3n) is 6.51. The van der Waals surface area contributed by atoms with E-state index in [1.807, 2.05) is 12.1 Å². The van der Waals surface area contributed by atoms with E-state index in [0.717, 1.165) is 53.9 Å². The third kappa shape index (κ3) is 4.61. The minimum atomic E-state index is -0.277. The summed E-state index contributed by atoms with van der Waals surface area (Å²) in [6.07, 6.45) is 1.78. The lowest BCUT2D eigenvalue weighted by Gasteiger charge is -2.40. The molecule has 8 heteroatoms. The van der Waals surface area contributed by atoms with E-state index in [-0.39, 0.29) is 17.7 Å². The van der Waals surface area contributed by atoms with Gasteiger partial charge in [-0.1, -0.05) is 24.3 Å². The first kappa shape index (κ1) is 23.0. The summed E-state index contributed by atoms with van der Waals surface area (Å²) in [4.78, 5) is 4.63. The van der Waals surface area contributed by atoms with Gasteiger partial charge in [-0.3, -0.25) is 4.90 Å². The van der Waals surface area contributed by atoms with E-state index in [2.05, 4.69) is 20.0 Å². The van der Waals surface area contributed by atoms with Crippen molar-refractivity contribution in [3.8, 4) is 11.5 Å². The first-order chi connectivity index (χ1) is 17.1. The number of hydrogen-bond acceptors (Lipinski definition) is 6. The number of benzene rings is 3. The smallest absolute Gasteiger partial charge is 0.162 e. The summed E-state index contributed by atoms with van der Waals surface area (Å²) in [7, 11) is 3.21. The summed E-state index contributed by atoms with van der Waals surface area (Å²) in [5, 5.41) is 9.43. The quantitative estimate of drug-likeness (QED) is 0.397. The molecule has 0 amide bonds. The van der Waals surface area contributed by atoms with Crippen molar-refractivity contribution in [3.05, 3.63) is 89.6 Å². The van der Waals surface area contributed by atoms with Crippen LogP contribution in [0.15, 0.2) is 66.9 Å². The molecule has 1 aliphatic rings. The Morgan fingerprint density at radius 1 is 0.771 bits per heavy atom. The van der Waals surface area contributed by atoms with Crippen LogP contribution in [0.1, 0.15) is 17.2 Å². The fraction of sp³-hybridized carbons (Fsp3) is 0.259. The number of rotatable bonds is 6. The number of methoxy groups -OCH3 is 2. The van der Waals surface area contributed by atoms with Gasteiger partial charge >= 0.3 is 0 Å². The Hall–Kier alpha value is -3.78. The topological polar surface area (TPSA) is 50.7 Å². The zero-order valence-electron chi connectivity index (χ0n) is 19.6. The number of piperazine rings is 1. The van der Waals surface area contributed by atoms with Crippen LogP contribution in [-0.4, -0.2) is 55.5 Å². The molecule has 4 aromatic rings. The summed E-state index contributed by atoms with van der Waals surface area (Å²) in [5.74, 6) is 0.694.